The molecule has 0 spiro atoms. The summed E-state index contributed by atoms with van der Waals surface area (Å²) in [6, 6.07) is 0. The number of carbonyl (C=O) groups is 1. The number of carbonyl (C=O) groups excluding carboxylic acids is 1. The molecule has 0 aromatic heterocycles. The maximum absolute atomic E-state index is 11.2. The van der Waals surface area contributed by atoms with Crippen LogP contribution in [-0.4, -0.2) is 26.2 Å². The van der Waals surface area contributed by atoms with Gasteiger partial charge < -0.3 is 10.1 Å². The van der Waals surface area contributed by atoms with Crippen LogP contribution in [0, 0.1) is 5.92 Å². The van der Waals surface area contributed by atoms with Crippen LogP contribution in [0.1, 0.15) is 26.7 Å². The molecule has 1 atom stereocenters. The summed E-state index contributed by atoms with van der Waals surface area (Å²) in [5.74, 6) is 0.116. The Morgan fingerprint density at radius 3 is 2.58 bits per heavy atom. The third-order valence-electron chi connectivity index (χ3n) is 1.78. The Morgan fingerprint density at radius 1 is 1.50 bits per heavy atom. The highest BCUT2D eigenvalue weighted by Crippen LogP contribution is 2.06. The Hall–Kier alpha value is -0.570. The summed E-state index contributed by atoms with van der Waals surface area (Å²) < 4.78 is 5.21. The molecular formula is C9H19NO2. The first-order chi connectivity index (χ1) is 5.76. The first kappa shape index (κ1) is 11.4. The standard InChI is InChI=1S/C9H19NO2/c1-4-6-8(7-12-5-2)9(11)10-3/h8H,4-7H2,1-3H3,(H,10,11). The van der Waals surface area contributed by atoms with E-state index in [-0.39, 0.29) is 11.8 Å². The first-order valence-corrected chi connectivity index (χ1v) is 4.55. The number of hydrogen-bond donors (Lipinski definition) is 1. The lowest BCUT2D eigenvalue weighted by molar-refractivity contribution is -0.126. The maximum atomic E-state index is 11.2. The van der Waals surface area contributed by atoms with E-state index in [2.05, 4.69) is 12.2 Å². The lowest BCUT2D eigenvalue weighted by Crippen LogP contribution is -2.30. The van der Waals surface area contributed by atoms with Gasteiger partial charge in [0.2, 0.25) is 5.91 Å². The molecule has 1 amide bonds. The molecule has 0 aromatic rings. The normalized spacial score (nSPS) is 12.6. The fourth-order valence-corrected chi connectivity index (χ4v) is 1.10. The molecular weight excluding hydrogens is 154 g/mol. The molecule has 0 aliphatic rings. The molecule has 0 aliphatic heterocycles. The third-order valence-corrected chi connectivity index (χ3v) is 1.78. The molecule has 1 unspecified atom stereocenters. The van der Waals surface area contributed by atoms with Gasteiger partial charge in [-0.1, -0.05) is 13.3 Å². The lowest BCUT2D eigenvalue weighted by atomic mass is 10.0. The predicted molar refractivity (Wildman–Crippen MR) is 49.0 cm³/mol. The third kappa shape index (κ3) is 4.34. The van der Waals surface area contributed by atoms with Crippen molar-refractivity contribution in [1.82, 2.24) is 5.32 Å². The quantitative estimate of drug-likeness (QED) is 0.655. The van der Waals surface area contributed by atoms with E-state index < -0.39 is 0 Å². The van der Waals surface area contributed by atoms with Crippen molar-refractivity contribution in [2.45, 2.75) is 26.7 Å². The van der Waals surface area contributed by atoms with Crippen LogP contribution >= 0.6 is 0 Å². The molecule has 0 heterocycles. The van der Waals surface area contributed by atoms with Gasteiger partial charge in [0.25, 0.3) is 0 Å². The molecule has 12 heavy (non-hydrogen) atoms. The molecule has 0 aliphatic carbocycles. The summed E-state index contributed by atoms with van der Waals surface area (Å²) in [7, 11) is 1.66. The van der Waals surface area contributed by atoms with Crippen LogP contribution in [0.25, 0.3) is 0 Å². The zero-order chi connectivity index (χ0) is 9.40. The largest absolute Gasteiger partial charge is 0.381 e. The van der Waals surface area contributed by atoms with Crippen molar-refractivity contribution in [3.05, 3.63) is 0 Å². The maximum Gasteiger partial charge on any atom is 0.225 e. The average Bonchev–Trinajstić information content (AvgIpc) is 2.11. The molecule has 0 fully saturated rings. The Labute approximate surface area is 74.5 Å². The number of nitrogens with one attached hydrogen (secondary N) is 1. The molecule has 3 nitrogen and oxygen atoms in total. The Kier molecular flexibility index (Phi) is 6.76. The molecule has 3 heteroatoms. The fourth-order valence-electron chi connectivity index (χ4n) is 1.10. The molecule has 0 saturated heterocycles. The number of ether oxygens (including phenoxy) is 1. The van der Waals surface area contributed by atoms with E-state index in [1.807, 2.05) is 6.92 Å². The Morgan fingerprint density at radius 2 is 2.17 bits per heavy atom. The summed E-state index contributed by atoms with van der Waals surface area (Å²) >= 11 is 0. The zero-order valence-electron chi connectivity index (χ0n) is 8.22. The average molecular weight is 173 g/mol. The van der Waals surface area contributed by atoms with Crippen LogP contribution in [0.15, 0.2) is 0 Å². The summed E-state index contributed by atoms with van der Waals surface area (Å²) in [5, 5.41) is 2.64. The van der Waals surface area contributed by atoms with Crippen LogP contribution in [0.4, 0.5) is 0 Å². The van der Waals surface area contributed by atoms with Gasteiger partial charge in [-0.2, -0.15) is 0 Å². The second-order valence-corrected chi connectivity index (χ2v) is 2.76. The lowest BCUT2D eigenvalue weighted by Gasteiger charge is -2.13. The Balaban J connectivity index is 3.76. The topological polar surface area (TPSA) is 38.3 Å². The van der Waals surface area contributed by atoms with E-state index in [0.29, 0.717) is 13.2 Å². The van der Waals surface area contributed by atoms with Crippen LogP contribution in [0.2, 0.25) is 0 Å². The second kappa shape index (κ2) is 7.10. The van der Waals surface area contributed by atoms with Crippen molar-refractivity contribution in [3.63, 3.8) is 0 Å². The summed E-state index contributed by atoms with van der Waals surface area (Å²) in [6.07, 6.45) is 1.92. The molecule has 72 valence electrons. The highest BCUT2D eigenvalue weighted by molar-refractivity contribution is 5.78. The van der Waals surface area contributed by atoms with E-state index in [1.54, 1.807) is 7.05 Å². The minimum Gasteiger partial charge on any atom is -0.381 e. The van der Waals surface area contributed by atoms with Crippen molar-refractivity contribution < 1.29 is 9.53 Å². The van der Waals surface area contributed by atoms with Gasteiger partial charge >= 0.3 is 0 Å². The minimum absolute atomic E-state index is 0.0277. The van der Waals surface area contributed by atoms with Crippen LogP contribution < -0.4 is 5.32 Å². The van der Waals surface area contributed by atoms with E-state index in [0.717, 1.165) is 12.8 Å². The van der Waals surface area contributed by atoms with Crippen molar-refractivity contribution in [2.24, 2.45) is 5.92 Å². The van der Waals surface area contributed by atoms with Gasteiger partial charge in [0.05, 0.1) is 12.5 Å². The van der Waals surface area contributed by atoms with Crippen molar-refractivity contribution in [3.8, 4) is 0 Å². The predicted octanol–water partition coefficient (Wildman–Crippen LogP) is 1.19. The van der Waals surface area contributed by atoms with Crippen LogP contribution in [0.3, 0.4) is 0 Å². The Bertz CT molecular complexity index is 126. The molecule has 1 N–H and O–H groups in total. The van der Waals surface area contributed by atoms with E-state index in [4.69, 9.17) is 4.74 Å². The van der Waals surface area contributed by atoms with Crippen LogP contribution in [0.5, 0.6) is 0 Å². The summed E-state index contributed by atoms with van der Waals surface area (Å²) in [6.45, 7) is 5.23. The highest BCUT2D eigenvalue weighted by atomic mass is 16.5. The van der Waals surface area contributed by atoms with Gasteiger partial charge in [-0.25, -0.2) is 0 Å². The number of rotatable bonds is 6. The van der Waals surface area contributed by atoms with Crippen molar-refractivity contribution >= 4 is 5.91 Å². The van der Waals surface area contributed by atoms with Gasteiger partial charge in [0.15, 0.2) is 0 Å². The summed E-state index contributed by atoms with van der Waals surface area (Å²) in [4.78, 5) is 11.2. The summed E-state index contributed by atoms with van der Waals surface area (Å²) in [5.41, 5.74) is 0. The van der Waals surface area contributed by atoms with Crippen LogP contribution in [-0.2, 0) is 9.53 Å². The second-order valence-electron chi connectivity index (χ2n) is 2.76. The van der Waals surface area contributed by atoms with E-state index >= 15 is 0 Å². The molecule has 0 saturated carbocycles. The van der Waals surface area contributed by atoms with Crippen molar-refractivity contribution in [1.29, 1.82) is 0 Å². The van der Waals surface area contributed by atoms with Gasteiger partial charge in [0.1, 0.15) is 0 Å². The van der Waals surface area contributed by atoms with E-state index in [9.17, 15) is 4.79 Å². The number of amides is 1. The van der Waals surface area contributed by atoms with Gasteiger partial charge in [-0.3, -0.25) is 4.79 Å². The SMILES string of the molecule is CCCC(COCC)C(=O)NC. The molecule has 0 rings (SSSR count). The monoisotopic (exact) mass is 173 g/mol. The fraction of sp³-hybridized carbons (Fsp3) is 0.889. The van der Waals surface area contributed by atoms with Gasteiger partial charge in [-0.15, -0.1) is 0 Å². The van der Waals surface area contributed by atoms with Gasteiger partial charge in [0, 0.05) is 13.7 Å². The molecule has 0 aromatic carbocycles. The van der Waals surface area contributed by atoms with Gasteiger partial charge in [-0.05, 0) is 13.3 Å². The smallest absolute Gasteiger partial charge is 0.225 e. The minimum atomic E-state index is 0.0277. The molecule has 0 bridgehead atoms. The highest BCUT2D eigenvalue weighted by Gasteiger charge is 2.15. The van der Waals surface area contributed by atoms with E-state index in [1.165, 1.54) is 0 Å². The first-order valence-electron chi connectivity index (χ1n) is 4.55. The van der Waals surface area contributed by atoms with Crippen molar-refractivity contribution in [2.75, 3.05) is 20.3 Å². The molecule has 0 radical (unpaired) electrons. The zero-order valence-corrected chi connectivity index (χ0v) is 8.22. The number of hydrogen-bond acceptors (Lipinski definition) is 2.